The van der Waals surface area contributed by atoms with Crippen molar-refractivity contribution in [2.24, 2.45) is 0 Å². The van der Waals surface area contributed by atoms with Crippen molar-refractivity contribution >= 4 is 11.7 Å². The Morgan fingerprint density at radius 2 is 2.13 bits per heavy atom. The van der Waals surface area contributed by atoms with Crippen molar-refractivity contribution < 1.29 is 9.59 Å². The van der Waals surface area contributed by atoms with Gasteiger partial charge in [0.2, 0.25) is 0 Å². The number of nitrogens with one attached hydrogen (secondary N) is 2. The molecule has 4 heteroatoms. The fraction of sp³-hybridized carbons (Fsp3) is 0.0909. The molecule has 2 heterocycles. The maximum absolute atomic E-state index is 11.6. The highest BCUT2D eigenvalue weighted by Gasteiger charge is 2.36. The standard InChI is InChI=1S/C11H8N2O2/c14-10-9-6-2-1-5-12-7(6)3-4-8(9)13-11(10)15/h1-5,7,12H,(H,13,14,15). The summed E-state index contributed by atoms with van der Waals surface area (Å²) in [5.74, 6) is -0.983. The molecule has 0 saturated carbocycles. The van der Waals surface area contributed by atoms with Crippen molar-refractivity contribution in [1.29, 1.82) is 0 Å². The third-order valence-corrected chi connectivity index (χ3v) is 2.68. The van der Waals surface area contributed by atoms with E-state index < -0.39 is 11.7 Å². The van der Waals surface area contributed by atoms with Crippen LogP contribution in [0.4, 0.5) is 0 Å². The third-order valence-electron chi connectivity index (χ3n) is 2.68. The minimum atomic E-state index is -0.541. The van der Waals surface area contributed by atoms with Crippen molar-refractivity contribution in [3.63, 3.8) is 0 Å². The Morgan fingerprint density at radius 3 is 3.00 bits per heavy atom. The summed E-state index contributed by atoms with van der Waals surface area (Å²) in [5, 5.41) is 5.66. The van der Waals surface area contributed by atoms with Gasteiger partial charge in [0.25, 0.3) is 11.7 Å². The number of amides is 1. The number of ketones is 1. The van der Waals surface area contributed by atoms with Crippen LogP contribution in [0.25, 0.3) is 0 Å². The molecule has 15 heavy (non-hydrogen) atoms. The number of rotatable bonds is 0. The number of hydrogen-bond donors (Lipinski definition) is 2. The highest BCUT2D eigenvalue weighted by Crippen LogP contribution is 2.29. The van der Waals surface area contributed by atoms with E-state index in [2.05, 4.69) is 10.6 Å². The number of carbonyl (C=O) groups is 2. The zero-order chi connectivity index (χ0) is 10.4. The average Bonchev–Trinajstić information content (AvgIpc) is 2.55. The van der Waals surface area contributed by atoms with E-state index in [1.54, 1.807) is 6.08 Å². The lowest BCUT2D eigenvalue weighted by Crippen LogP contribution is -2.30. The second kappa shape index (κ2) is 2.70. The van der Waals surface area contributed by atoms with Gasteiger partial charge in [0, 0.05) is 0 Å². The summed E-state index contributed by atoms with van der Waals surface area (Å²) < 4.78 is 0. The second-order valence-corrected chi connectivity index (χ2v) is 3.56. The van der Waals surface area contributed by atoms with Crippen LogP contribution in [0, 0.1) is 0 Å². The molecule has 0 fully saturated rings. The Bertz CT molecular complexity index is 495. The van der Waals surface area contributed by atoms with Gasteiger partial charge in [0.05, 0.1) is 17.3 Å². The zero-order valence-electron chi connectivity index (χ0n) is 7.78. The molecule has 0 bridgehead atoms. The van der Waals surface area contributed by atoms with Gasteiger partial charge in [0.15, 0.2) is 0 Å². The lowest BCUT2D eigenvalue weighted by Gasteiger charge is -2.23. The topological polar surface area (TPSA) is 58.2 Å². The lowest BCUT2D eigenvalue weighted by molar-refractivity contribution is -0.134. The first-order chi connectivity index (χ1) is 7.27. The summed E-state index contributed by atoms with van der Waals surface area (Å²) in [4.78, 5) is 22.8. The minimum Gasteiger partial charge on any atom is -0.381 e. The van der Waals surface area contributed by atoms with Gasteiger partial charge in [-0.15, -0.1) is 0 Å². The van der Waals surface area contributed by atoms with Gasteiger partial charge in [-0.2, -0.15) is 0 Å². The van der Waals surface area contributed by atoms with Crippen molar-refractivity contribution in [2.45, 2.75) is 6.04 Å². The summed E-state index contributed by atoms with van der Waals surface area (Å²) in [6.45, 7) is 0. The van der Waals surface area contributed by atoms with E-state index in [4.69, 9.17) is 0 Å². The molecule has 1 atom stereocenters. The van der Waals surface area contributed by atoms with Crippen molar-refractivity contribution in [2.75, 3.05) is 0 Å². The third kappa shape index (κ3) is 1.01. The molecule has 1 amide bonds. The maximum atomic E-state index is 11.6. The number of carbonyl (C=O) groups excluding carboxylic acids is 2. The predicted octanol–water partition coefficient (Wildman–Crippen LogP) is -0.0789. The van der Waals surface area contributed by atoms with E-state index in [-0.39, 0.29) is 6.04 Å². The van der Waals surface area contributed by atoms with E-state index in [0.29, 0.717) is 11.3 Å². The zero-order valence-corrected chi connectivity index (χ0v) is 7.78. The van der Waals surface area contributed by atoms with Crippen LogP contribution >= 0.6 is 0 Å². The minimum absolute atomic E-state index is 0.00500. The number of dihydropyridines is 1. The van der Waals surface area contributed by atoms with Crippen LogP contribution < -0.4 is 10.6 Å². The predicted molar refractivity (Wildman–Crippen MR) is 53.5 cm³/mol. The molecule has 0 radical (unpaired) electrons. The number of hydrogen-bond acceptors (Lipinski definition) is 3. The molecule has 0 aromatic carbocycles. The van der Waals surface area contributed by atoms with Gasteiger partial charge in [-0.3, -0.25) is 9.59 Å². The molecule has 74 valence electrons. The summed E-state index contributed by atoms with van der Waals surface area (Å²) in [7, 11) is 0. The van der Waals surface area contributed by atoms with Gasteiger partial charge >= 0.3 is 0 Å². The van der Waals surface area contributed by atoms with E-state index in [0.717, 1.165) is 5.57 Å². The van der Waals surface area contributed by atoms with Gasteiger partial charge < -0.3 is 10.6 Å². The quantitative estimate of drug-likeness (QED) is 0.538. The van der Waals surface area contributed by atoms with Crippen LogP contribution in [0.3, 0.4) is 0 Å². The Hall–Kier alpha value is -2.10. The molecule has 0 spiro atoms. The highest BCUT2D eigenvalue weighted by molar-refractivity contribution is 6.47. The Morgan fingerprint density at radius 1 is 1.27 bits per heavy atom. The summed E-state index contributed by atoms with van der Waals surface area (Å²) in [6.07, 6.45) is 9.20. The fourth-order valence-corrected chi connectivity index (χ4v) is 1.98. The molecule has 3 rings (SSSR count). The van der Waals surface area contributed by atoms with E-state index in [9.17, 15) is 9.59 Å². The fourth-order valence-electron chi connectivity index (χ4n) is 1.98. The Balaban J connectivity index is 2.15. The average molecular weight is 200 g/mol. The summed E-state index contributed by atoms with van der Waals surface area (Å²) >= 11 is 0. The smallest absolute Gasteiger partial charge is 0.296 e. The lowest BCUT2D eigenvalue weighted by atomic mass is 9.89. The molecule has 2 N–H and O–H groups in total. The first-order valence-corrected chi connectivity index (χ1v) is 4.68. The maximum Gasteiger partial charge on any atom is 0.296 e. The van der Waals surface area contributed by atoms with Crippen LogP contribution in [-0.4, -0.2) is 17.7 Å². The van der Waals surface area contributed by atoms with Crippen LogP contribution in [0.15, 0.2) is 47.3 Å². The van der Waals surface area contributed by atoms with E-state index in [1.807, 2.05) is 24.4 Å². The molecule has 0 saturated heterocycles. The normalized spacial score (nSPS) is 26.9. The first-order valence-electron chi connectivity index (χ1n) is 4.68. The molecule has 3 aliphatic rings. The monoisotopic (exact) mass is 200 g/mol. The van der Waals surface area contributed by atoms with Crippen LogP contribution in [0.1, 0.15) is 0 Å². The molecule has 2 aliphatic heterocycles. The highest BCUT2D eigenvalue weighted by atomic mass is 16.2. The van der Waals surface area contributed by atoms with Crippen LogP contribution in [0.2, 0.25) is 0 Å². The molecule has 4 nitrogen and oxygen atoms in total. The molecule has 1 unspecified atom stereocenters. The van der Waals surface area contributed by atoms with Gasteiger partial charge in [0.1, 0.15) is 0 Å². The summed E-state index contributed by atoms with van der Waals surface area (Å²) in [6, 6.07) is 0.00500. The van der Waals surface area contributed by atoms with Crippen molar-refractivity contribution in [1.82, 2.24) is 10.6 Å². The van der Waals surface area contributed by atoms with Crippen molar-refractivity contribution in [3.8, 4) is 0 Å². The van der Waals surface area contributed by atoms with Gasteiger partial charge in [-0.25, -0.2) is 0 Å². The van der Waals surface area contributed by atoms with Crippen LogP contribution in [0.5, 0.6) is 0 Å². The molecular weight excluding hydrogens is 192 g/mol. The van der Waals surface area contributed by atoms with Gasteiger partial charge in [-0.05, 0) is 23.9 Å². The van der Waals surface area contributed by atoms with E-state index >= 15 is 0 Å². The first kappa shape index (κ1) is 8.23. The Kier molecular flexibility index (Phi) is 1.48. The second-order valence-electron chi connectivity index (χ2n) is 3.56. The van der Waals surface area contributed by atoms with Crippen molar-refractivity contribution in [3.05, 3.63) is 47.3 Å². The number of fused-ring (bicyclic) bond motifs is 2. The largest absolute Gasteiger partial charge is 0.381 e. The van der Waals surface area contributed by atoms with Gasteiger partial charge in [-0.1, -0.05) is 12.2 Å². The molecular formula is C11H8N2O2. The molecule has 1 aliphatic carbocycles. The molecule has 0 aromatic heterocycles. The summed E-state index contributed by atoms with van der Waals surface area (Å²) in [5.41, 5.74) is 1.98. The molecule has 0 aromatic rings. The Labute approximate surface area is 86.0 Å². The number of Topliss-reactive ketones (excluding diaryl/α,β-unsaturated/α-hetero) is 1. The van der Waals surface area contributed by atoms with Crippen LogP contribution in [-0.2, 0) is 9.59 Å². The SMILES string of the molecule is O=C1NC2=C(C1=O)C1=CC=CNC1C=C2. The number of allylic oxidation sites excluding steroid dienone is 3. The van der Waals surface area contributed by atoms with E-state index in [1.165, 1.54) is 0 Å².